The van der Waals surface area contributed by atoms with Gasteiger partial charge in [-0.1, -0.05) is 95.3 Å². The molecule has 1 aliphatic rings. The van der Waals surface area contributed by atoms with Gasteiger partial charge in [-0.3, -0.25) is 0 Å². The van der Waals surface area contributed by atoms with Gasteiger partial charge in [0, 0.05) is 11.1 Å². The molecular weight excluding hydrogens is 362 g/mol. The van der Waals surface area contributed by atoms with E-state index in [1.807, 2.05) is 12.1 Å². The van der Waals surface area contributed by atoms with Crippen molar-refractivity contribution in [2.45, 2.75) is 64.4 Å². The highest BCUT2D eigenvalue weighted by molar-refractivity contribution is 6.75. The highest BCUT2D eigenvalue weighted by Crippen LogP contribution is 2.46. The molecular formula is C24H33NO2Si. The summed E-state index contributed by atoms with van der Waals surface area (Å²) in [6, 6.07) is 20.8. The predicted molar refractivity (Wildman–Crippen MR) is 119 cm³/mol. The molecule has 0 amide bonds. The smallest absolute Gasteiger partial charge is 0.371 e. The number of aliphatic imine (C=N–C) groups is 1. The molecule has 0 aromatic heterocycles. The highest BCUT2D eigenvalue weighted by Gasteiger charge is 2.53. The zero-order valence-electron chi connectivity index (χ0n) is 18.2. The molecule has 1 heterocycles. The second kappa shape index (κ2) is 7.40. The van der Waals surface area contributed by atoms with Crippen LogP contribution in [-0.2, 0) is 14.8 Å². The molecule has 0 unspecified atom stereocenters. The lowest BCUT2D eigenvalue weighted by Gasteiger charge is -2.38. The number of ether oxygens (including phenoxy) is 1. The maximum absolute atomic E-state index is 6.69. The van der Waals surface area contributed by atoms with Crippen molar-refractivity contribution in [3.63, 3.8) is 0 Å². The zero-order chi connectivity index (χ0) is 20.6. The third-order valence-electron chi connectivity index (χ3n) is 6.09. The van der Waals surface area contributed by atoms with Gasteiger partial charge in [-0.15, -0.1) is 0 Å². The average molecular weight is 396 g/mol. The highest BCUT2D eigenvalue weighted by atomic mass is 28.4. The maximum Gasteiger partial charge on any atom is 0.371 e. The quantitative estimate of drug-likeness (QED) is 0.564. The summed E-state index contributed by atoms with van der Waals surface area (Å²) >= 11 is 0. The molecule has 0 N–H and O–H groups in total. The second-order valence-electron chi connectivity index (χ2n) is 9.52. The Labute approximate surface area is 170 Å². The summed E-state index contributed by atoms with van der Waals surface area (Å²) in [6.07, 6.45) is 0.443. The minimum absolute atomic E-state index is 0.0583. The van der Waals surface area contributed by atoms with Crippen LogP contribution in [-0.4, -0.2) is 20.4 Å². The first-order chi connectivity index (χ1) is 13.1. The van der Waals surface area contributed by atoms with Gasteiger partial charge in [0.25, 0.3) is 8.32 Å². The van der Waals surface area contributed by atoms with Crippen molar-refractivity contribution in [3.8, 4) is 0 Å². The van der Waals surface area contributed by atoms with E-state index in [2.05, 4.69) is 96.2 Å². The molecule has 28 heavy (non-hydrogen) atoms. The summed E-state index contributed by atoms with van der Waals surface area (Å²) in [5, 5.41) is 0.0803. The largest absolute Gasteiger partial charge is 0.505 e. The van der Waals surface area contributed by atoms with Crippen LogP contribution in [0.5, 0.6) is 0 Å². The summed E-state index contributed by atoms with van der Waals surface area (Å²) in [6.45, 7) is 15.6. The Morgan fingerprint density at radius 1 is 0.929 bits per heavy atom. The fourth-order valence-electron chi connectivity index (χ4n) is 3.46. The lowest BCUT2D eigenvalue weighted by molar-refractivity contribution is 0.0606. The Hall–Kier alpha value is -2.07. The van der Waals surface area contributed by atoms with Crippen molar-refractivity contribution >= 4 is 14.4 Å². The zero-order valence-corrected chi connectivity index (χ0v) is 19.2. The summed E-state index contributed by atoms with van der Waals surface area (Å²) in [7, 11) is -2.05. The van der Waals surface area contributed by atoms with Gasteiger partial charge in [0.05, 0.1) is 0 Å². The van der Waals surface area contributed by atoms with Gasteiger partial charge in [-0.05, 0) is 24.1 Å². The standard InChI is InChI=1S/C24H33NO2Si/c1-18(2)21-24(19-14-10-8-11-15-19,20-16-12-9-13-17-20)26-22(25-21)27-28(6,7)23(3,4)5/h8-18,21H,1-7H3/t21-/m0/s1. The summed E-state index contributed by atoms with van der Waals surface area (Å²) in [4.78, 5) is 5.00. The number of benzene rings is 2. The summed E-state index contributed by atoms with van der Waals surface area (Å²) < 4.78 is 13.2. The summed E-state index contributed by atoms with van der Waals surface area (Å²) in [5.41, 5.74) is 1.55. The van der Waals surface area contributed by atoms with Crippen LogP contribution >= 0.6 is 0 Å². The van der Waals surface area contributed by atoms with Gasteiger partial charge in [-0.2, -0.15) is 0 Å². The van der Waals surface area contributed by atoms with Crippen molar-refractivity contribution < 1.29 is 9.16 Å². The van der Waals surface area contributed by atoms with Crippen LogP contribution in [0.4, 0.5) is 0 Å². The van der Waals surface area contributed by atoms with Gasteiger partial charge in [-0.25, -0.2) is 4.99 Å². The molecule has 1 aliphatic heterocycles. The van der Waals surface area contributed by atoms with Crippen molar-refractivity contribution in [1.29, 1.82) is 0 Å². The van der Waals surface area contributed by atoms with Crippen LogP contribution in [0.1, 0.15) is 45.7 Å². The van der Waals surface area contributed by atoms with Crippen LogP contribution in [0.25, 0.3) is 0 Å². The van der Waals surface area contributed by atoms with Crippen molar-refractivity contribution in [2.24, 2.45) is 10.9 Å². The number of nitrogens with zero attached hydrogens (tertiary/aromatic N) is 1. The lowest BCUT2D eigenvalue weighted by Crippen LogP contribution is -2.45. The van der Waals surface area contributed by atoms with Crippen LogP contribution in [0, 0.1) is 5.92 Å². The van der Waals surface area contributed by atoms with E-state index in [1.165, 1.54) is 0 Å². The van der Waals surface area contributed by atoms with Gasteiger partial charge < -0.3 is 9.16 Å². The van der Waals surface area contributed by atoms with E-state index in [-0.39, 0.29) is 11.1 Å². The molecule has 0 saturated heterocycles. The Kier molecular flexibility index (Phi) is 5.46. The van der Waals surface area contributed by atoms with E-state index in [0.29, 0.717) is 12.0 Å². The average Bonchev–Trinajstić information content (AvgIpc) is 3.02. The first kappa shape index (κ1) is 20.7. The van der Waals surface area contributed by atoms with E-state index in [4.69, 9.17) is 14.2 Å². The second-order valence-corrected chi connectivity index (χ2v) is 14.2. The Balaban J connectivity index is 2.11. The predicted octanol–water partition coefficient (Wildman–Crippen LogP) is 6.36. The summed E-state index contributed by atoms with van der Waals surface area (Å²) in [5.74, 6) is 0.293. The lowest BCUT2D eigenvalue weighted by atomic mass is 9.76. The fourth-order valence-corrected chi connectivity index (χ4v) is 4.30. The number of hydrogen-bond acceptors (Lipinski definition) is 3. The third-order valence-corrected chi connectivity index (χ3v) is 10.4. The van der Waals surface area contributed by atoms with E-state index >= 15 is 0 Å². The molecule has 0 spiro atoms. The molecule has 4 heteroatoms. The van der Waals surface area contributed by atoms with Gasteiger partial charge >= 0.3 is 6.08 Å². The first-order valence-electron chi connectivity index (χ1n) is 10.1. The topological polar surface area (TPSA) is 30.8 Å². The fraction of sp³-hybridized carbons (Fsp3) is 0.458. The SMILES string of the molecule is CC(C)[C@@H]1N=C(O[Si](C)(C)C(C)(C)C)OC1(c1ccccc1)c1ccccc1. The minimum Gasteiger partial charge on any atom is -0.505 e. The Morgan fingerprint density at radius 3 is 1.79 bits per heavy atom. The number of rotatable bonds is 4. The molecule has 0 bridgehead atoms. The van der Waals surface area contributed by atoms with Crippen LogP contribution < -0.4 is 0 Å². The molecule has 3 rings (SSSR count). The third kappa shape index (κ3) is 3.62. The van der Waals surface area contributed by atoms with Crippen LogP contribution in [0.2, 0.25) is 18.1 Å². The Morgan fingerprint density at radius 2 is 1.39 bits per heavy atom. The van der Waals surface area contributed by atoms with Gasteiger partial charge in [0.15, 0.2) is 5.60 Å². The molecule has 0 fully saturated rings. The molecule has 3 nitrogen and oxygen atoms in total. The van der Waals surface area contributed by atoms with Gasteiger partial charge in [0.1, 0.15) is 6.04 Å². The molecule has 1 atom stereocenters. The van der Waals surface area contributed by atoms with E-state index in [9.17, 15) is 0 Å². The Bertz CT molecular complexity index is 783. The van der Waals surface area contributed by atoms with Crippen molar-refractivity contribution in [1.82, 2.24) is 0 Å². The molecule has 150 valence electrons. The van der Waals surface area contributed by atoms with E-state index in [0.717, 1.165) is 11.1 Å². The molecule has 2 aromatic carbocycles. The molecule has 0 radical (unpaired) electrons. The monoisotopic (exact) mass is 395 g/mol. The van der Waals surface area contributed by atoms with Crippen LogP contribution in [0.3, 0.4) is 0 Å². The molecule has 0 saturated carbocycles. The minimum atomic E-state index is -2.05. The number of hydrogen-bond donors (Lipinski definition) is 0. The van der Waals surface area contributed by atoms with Crippen molar-refractivity contribution in [2.75, 3.05) is 0 Å². The van der Waals surface area contributed by atoms with E-state index < -0.39 is 13.9 Å². The maximum atomic E-state index is 6.69. The molecule has 0 aliphatic carbocycles. The molecule has 2 aromatic rings. The van der Waals surface area contributed by atoms with Crippen molar-refractivity contribution in [3.05, 3.63) is 71.8 Å². The van der Waals surface area contributed by atoms with Crippen LogP contribution in [0.15, 0.2) is 65.7 Å². The first-order valence-corrected chi connectivity index (χ1v) is 13.1. The van der Waals surface area contributed by atoms with Gasteiger partial charge in [0.2, 0.25) is 0 Å². The van der Waals surface area contributed by atoms with E-state index in [1.54, 1.807) is 0 Å². The normalized spacial score (nSPS) is 19.3.